The van der Waals surface area contributed by atoms with Crippen molar-refractivity contribution >= 4 is 21.6 Å². The van der Waals surface area contributed by atoms with E-state index in [4.69, 9.17) is 21.4 Å². The predicted octanol–water partition coefficient (Wildman–Crippen LogP) is 2.04. The highest BCUT2D eigenvalue weighted by Crippen LogP contribution is 2.26. The van der Waals surface area contributed by atoms with Gasteiger partial charge >= 0.3 is 0 Å². The fourth-order valence-corrected chi connectivity index (χ4v) is 3.22. The second-order valence-corrected chi connectivity index (χ2v) is 6.61. The maximum atomic E-state index is 12.1. The van der Waals surface area contributed by atoms with Gasteiger partial charge in [0.15, 0.2) is 0 Å². The van der Waals surface area contributed by atoms with Crippen LogP contribution in [0.3, 0.4) is 0 Å². The maximum absolute atomic E-state index is 12.1. The van der Waals surface area contributed by atoms with Crippen molar-refractivity contribution in [3.8, 4) is 5.75 Å². The van der Waals surface area contributed by atoms with Crippen molar-refractivity contribution in [2.24, 2.45) is 5.92 Å². The Balaban J connectivity index is 2.81. The van der Waals surface area contributed by atoms with Crippen LogP contribution in [0.2, 0.25) is 5.02 Å². The van der Waals surface area contributed by atoms with Gasteiger partial charge in [-0.2, -0.15) is 0 Å². The van der Waals surface area contributed by atoms with Crippen molar-refractivity contribution in [1.82, 2.24) is 4.72 Å². The molecule has 0 heterocycles. The molecule has 1 atom stereocenters. The van der Waals surface area contributed by atoms with Gasteiger partial charge < -0.3 is 9.84 Å². The number of hydrogen-bond acceptors (Lipinski definition) is 4. The Morgan fingerprint density at radius 3 is 2.65 bits per heavy atom. The molecule has 20 heavy (non-hydrogen) atoms. The van der Waals surface area contributed by atoms with Gasteiger partial charge in [0.2, 0.25) is 10.0 Å². The normalized spacial score (nSPS) is 13.2. The molecule has 0 spiro atoms. The van der Waals surface area contributed by atoms with Crippen molar-refractivity contribution < 1.29 is 18.3 Å². The minimum atomic E-state index is -3.60. The summed E-state index contributed by atoms with van der Waals surface area (Å²) in [5.41, 5.74) is 0. The summed E-state index contributed by atoms with van der Waals surface area (Å²) in [6, 6.07) is 4.32. The smallest absolute Gasteiger partial charge is 0.240 e. The van der Waals surface area contributed by atoms with Gasteiger partial charge in [-0.05, 0) is 30.5 Å². The average Bonchev–Trinajstić information content (AvgIpc) is 2.43. The number of nitrogens with one attached hydrogen (secondary N) is 1. The fourth-order valence-electron chi connectivity index (χ4n) is 1.76. The van der Waals surface area contributed by atoms with Crippen molar-refractivity contribution in [2.75, 3.05) is 20.3 Å². The molecule has 0 aliphatic heterocycles. The lowest BCUT2D eigenvalue weighted by Gasteiger charge is -2.15. The number of aliphatic hydroxyl groups is 1. The van der Waals surface area contributed by atoms with Crippen LogP contribution in [0, 0.1) is 5.92 Å². The molecule has 1 unspecified atom stereocenters. The van der Waals surface area contributed by atoms with Crippen LogP contribution in [0.15, 0.2) is 23.1 Å². The minimum Gasteiger partial charge on any atom is -0.495 e. The first-order chi connectivity index (χ1) is 9.44. The lowest BCUT2D eigenvalue weighted by atomic mass is 10.0. The zero-order valence-electron chi connectivity index (χ0n) is 11.6. The molecule has 0 aromatic heterocycles. The lowest BCUT2D eigenvalue weighted by molar-refractivity contribution is 0.254. The molecule has 1 aromatic rings. The summed E-state index contributed by atoms with van der Waals surface area (Å²) in [6.45, 7) is 2.30. The summed E-state index contributed by atoms with van der Waals surface area (Å²) < 4.78 is 31.8. The Morgan fingerprint density at radius 2 is 2.15 bits per heavy atom. The molecule has 1 rings (SSSR count). The van der Waals surface area contributed by atoms with Crippen LogP contribution in [0.25, 0.3) is 0 Å². The van der Waals surface area contributed by atoms with E-state index in [1.54, 1.807) is 0 Å². The Bertz CT molecular complexity index is 533. The topological polar surface area (TPSA) is 75.6 Å². The van der Waals surface area contributed by atoms with Gasteiger partial charge in [0, 0.05) is 13.2 Å². The van der Waals surface area contributed by atoms with E-state index >= 15 is 0 Å². The number of benzene rings is 1. The molecule has 0 bridgehead atoms. The van der Waals surface area contributed by atoms with Gasteiger partial charge in [-0.3, -0.25) is 0 Å². The Morgan fingerprint density at radius 1 is 1.45 bits per heavy atom. The highest BCUT2D eigenvalue weighted by Gasteiger charge is 2.17. The second kappa shape index (κ2) is 7.83. The van der Waals surface area contributed by atoms with Crippen LogP contribution in [-0.2, 0) is 10.0 Å². The molecule has 114 valence electrons. The maximum Gasteiger partial charge on any atom is 0.240 e. The zero-order valence-corrected chi connectivity index (χ0v) is 13.2. The van der Waals surface area contributed by atoms with Crippen LogP contribution in [0.4, 0.5) is 0 Å². The van der Waals surface area contributed by atoms with Crippen LogP contribution >= 0.6 is 11.6 Å². The van der Waals surface area contributed by atoms with E-state index in [1.807, 2.05) is 6.92 Å². The fraction of sp³-hybridized carbons (Fsp3) is 0.538. The first kappa shape index (κ1) is 17.2. The van der Waals surface area contributed by atoms with Crippen LogP contribution in [0.1, 0.15) is 19.8 Å². The molecule has 0 saturated carbocycles. The Hall–Kier alpha value is -0.820. The van der Waals surface area contributed by atoms with Crippen LogP contribution in [-0.4, -0.2) is 33.8 Å². The largest absolute Gasteiger partial charge is 0.495 e. The molecule has 0 fully saturated rings. The molecule has 0 aliphatic rings. The van der Waals surface area contributed by atoms with Gasteiger partial charge in [-0.15, -0.1) is 0 Å². The number of ether oxygens (including phenoxy) is 1. The Labute approximate surface area is 125 Å². The van der Waals surface area contributed by atoms with Gasteiger partial charge in [0.05, 0.1) is 17.0 Å². The molecule has 0 saturated heterocycles. The van der Waals surface area contributed by atoms with Crippen molar-refractivity contribution in [2.45, 2.75) is 24.7 Å². The van der Waals surface area contributed by atoms with E-state index in [0.717, 1.165) is 6.42 Å². The summed E-state index contributed by atoms with van der Waals surface area (Å²) >= 11 is 5.93. The van der Waals surface area contributed by atoms with E-state index in [2.05, 4.69) is 4.72 Å². The summed E-state index contributed by atoms with van der Waals surface area (Å²) in [6.07, 6.45) is 1.37. The summed E-state index contributed by atoms with van der Waals surface area (Å²) in [5, 5.41) is 9.15. The third-order valence-corrected chi connectivity index (χ3v) is 4.83. The van der Waals surface area contributed by atoms with Gasteiger partial charge in [0.25, 0.3) is 0 Å². The number of sulfonamides is 1. The molecule has 5 nitrogen and oxygen atoms in total. The number of methoxy groups -OCH3 is 1. The molecule has 7 heteroatoms. The number of rotatable bonds is 8. The van der Waals surface area contributed by atoms with Gasteiger partial charge in [-0.25, -0.2) is 13.1 Å². The van der Waals surface area contributed by atoms with Gasteiger partial charge in [-0.1, -0.05) is 24.9 Å². The third-order valence-electron chi connectivity index (χ3n) is 3.11. The first-order valence-corrected chi connectivity index (χ1v) is 8.24. The van der Waals surface area contributed by atoms with Gasteiger partial charge in [0.1, 0.15) is 5.75 Å². The SMILES string of the molecule is CCC(CCO)CNS(=O)(=O)c1ccc(OC)c(Cl)c1. The molecular weight excluding hydrogens is 302 g/mol. The summed E-state index contributed by atoms with van der Waals surface area (Å²) in [4.78, 5) is 0.0992. The molecule has 0 aliphatic carbocycles. The molecule has 0 amide bonds. The number of hydrogen-bond donors (Lipinski definition) is 2. The Kier molecular flexibility index (Phi) is 6.75. The highest BCUT2D eigenvalue weighted by atomic mass is 35.5. The highest BCUT2D eigenvalue weighted by molar-refractivity contribution is 7.89. The first-order valence-electron chi connectivity index (χ1n) is 6.38. The predicted molar refractivity (Wildman–Crippen MR) is 78.7 cm³/mol. The zero-order chi connectivity index (χ0) is 15.2. The molecule has 1 aromatic carbocycles. The van der Waals surface area contributed by atoms with E-state index in [0.29, 0.717) is 18.7 Å². The van der Waals surface area contributed by atoms with E-state index in [1.165, 1.54) is 25.3 Å². The number of halogens is 1. The standard InChI is InChI=1S/C13H20ClNO4S/c1-3-10(6-7-16)9-15-20(17,18)11-4-5-13(19-2)12(14)8-11/h4-5,8,10,15-16H,3,6-7,9H2,1-2H3. The average molecular weight is 322 g/mol. The molecule has 2 N–H and O–H groups in total. The van der Waals surface area contributed by atoms with E-state index < -0.39 is 10.0 Å². The van der Waals surface area contributed by atoms with Crippen molar-refractivity contribution in [1.29, 1.82) is 0 Å². The summed E-state index contributed by atoms with van der Waals surface area (Å²) in [5.74, 6) is 0.542. The van der Waals surface area contributed by atoms with E-state index in [-0.39, 0.29) is 22.4 Å². The molecule has 0 radical (unpaired) electrons. The number of aliphatic hydroxyl groups excluding tert-OH is 1. The monoisotopic (exact) mass is 321 g/mol. The van der Waals surface area contributed by atoms with Crippen LogP contribution < -0.4 is 9.46 Å². The quantitative estimate of drug-likeness (QED) is 0.768. The van der Waals surface area contributed by atoms with E-state index in [9.17, 15) is 8.42 Å². The van der Waals surface area contributed by atoms with Crippen molar-refractivity contribution in [3.63, 3.8) is 0 Å². The second-order valence-electron chi connectivity index (χ2n) is 4.43. The summed E-state index contributed by atoms with van der Waals surface area (Å²) in [7, 11) is -2.14. The van der Waals surface area contributed by atoms with Crippen molar-refractivity contribution in [3.05, 3.63) is 23.2 Å². The minimum absolute atomic E-state index is 0.0502. The van der Waals surface area contributed by atoms with Crippen LogP contribution in [0.5, 0.6) is 5.75 Å². The molecular formula is C13H20ClNO4S. The lowest BCUT2D eigenvalue weighted by Crippen LogP contribution is -2.29. The third kappa shape index (κ3) is 4.63.